The number of imidazole rings is 1. The molecule has 0 bridgehead atoms. The van der Waals surface area contributed by atoms with Crippen molar-refractivity contribution in [1.29, 1.82) is 0 Å². The molecule has 0 unspecified atom stereocenters. The lowest BCUT2D eigenvalue weighted by Gasteiger charge is -2.07. The summed E-state index contributed by atoms with van der Waals surface area (Å²) in [5.74, 6) is 0.992. The molecule has 5 heteroatoms. The zero-order chi connectivity index (χ0) is 12.0. The van der Waals surface area contributed by atoms with Crippen molar-refractivity contribution in [2.75, 3.05) is 0 Å². The third kappa shape index (κ3) is 1.50. The van der Waals surface area contributed by atoms with Crippen LogP contribution in [0.2, 0.25) is 0 Å². The molecule has 0 fully saturated rings. The Hall–Kier alpha value is -1.62. The molecule has 4 nitrogen and oxygen atoms in total. The zero-order valence-corrected chi connectivity index (χ0v) is 11.1. The molecule has 17 heavy (non-hydrogen) atoms. The molecule has 0 radical (unpaired) electrons. The van der Waals surface area contributed by atoms with Crippen molar-refractivity contribution in [2.24, 2.45) is 0 Å². The van der Waals surface area contributed by atoms with Gasteiger partial charge in [-0.1, -0.05) is 6.07 Å². The summed E-state index contributed by atoms with van der Waals surface area (Å²) in [6.45, 7) is 4.03. The Bertz CT molecular complexity index is 696. The minimum absolute atomic E-state index is 0.922. The number of hydrogen-bond donors (Lipinski definition) is 0. The van der Waals surface area contributed by atoms with E-state index in [9.17, 15) is 0 Å². The van der Waals surface area contributed by atoms with E-state index in [1.54, 1.807) is 6.20 Å². The van der Waals surface area contributed by atoms with Gasteiger partial charge in [0.25, 0.3) is 0 Å². The summed E-state index contributed by atoms with van der Waals surface area (Å²) in [5, 5.41) is 4.53. The van der Waals surface area contributed by atoms with Crippen molar-refractivity contribution in [3.63, 3.8) is 0 Å². The predicted octanol–water partition coefficient (Wildman–Crippen LogP) is 2.90. The van der Waals surface area contributed by atoms with E-state index in [-0.39, 0.29) is 0 Å². The van der Waals surface area contributed by atoms with Gasteiger partial charge < -0.3 is 0 Å². The number of fused-ring (bicyclic) bond motifs is 1. The Balaban J connectivity index is 2.34. The number of rotatable bonds is 1. The molecule has 0 saturated carbocycles. The summed E-state index contributed by atoms with van der Waals surface area (Å²) in [7, 11) is 0. The van der Waals surface area contributed by atoms with Crippen LogP contribution in [0.25, 0.3) is 11.5 Å². The van der Waals surface area contributed by atoms with Crippen LogP contribution in [0.4, 0.5) is 0 Å². The number of hydrogen-bond acceptors (Lipinski definition) is 2. The van der Waals surface area contributed by atoms with E-state index >= 15 is 0 Å². The fourth-order valence-corrected chi connectivity index (χ4v) is 2.20. The van der Waals surface area contributed by atoms with Crippen molar-refractivity contribution in [3.05, 3.63) is 46.5 Å². The first-order valence-electron chi connectivity index (χ1n) is 5.32. The van der Waals surface area contributed by atoms with Gasteiger partial charge in [-0.15, -0.1) is 0 Å². The number of pyridine rings is 1. The maximum Gasteiger partial charge on any atom is 0.140 e. The molecular formula is C12H11BrN4. The lowest BCUT2D eigenvalue weighted by Crippen LogP contribution is -2.04. The minimum Gasteiger partial charge on any atom is -0.284 e. The second kappa shape index (κ2) is 3.70. The van der Waals surface area contributed by atoms with Crippen LogP contribution in [0.5, 0.6) is 0 Å². The molecule has 0 aliphatic rings. The van der Waals surface area contributed by atoms with E-state index in [0.29, 0.717) is 0 Å². The first-order chi connectivity index (χ1) is 8.18. The normalized spacial score (nSPS) is 11.2. The van der Waals surface area contributed by atoms with E-state index in [2.05, 4.69) is 26.0 Å². The molecule has 0 atom stereocenters. The molecule has 0 aliphatic heterocycles. The molecule has 3 aromatic heterocycles. The van der Waals surface area contributed by atoms with E-state index in [1.807, 2.05) is 47.3 Å². The summed E-state index contributed by atoms with van der Waals surface area (Å²) < 4.78 is 4.99. The Morgan fingerprint density at radius 3 is 2.76 bits per heavy atom. The standard InChI is InChI=1S/C12H11BrN4/c1-8-12(13)9(2)17(15-8)11-5-3-4-10-14-6-7-16(10)11/h3-7H,1-2H3. The fourth-order valence-electron chi connectivity index (χ4n) is 1.95. The maximum absolute atomic E-state index is 4.53. The van der Waals surface area contributed by atoms with Gasteiger partial charge in [-0.3, -0.25) is 4.40 Å². The Kier molecular flexibility index (Phi) is 2.29. The summed E-state index contributed by atoms with van der Waals surface area (Å²) in [6, 6.07) is 5.99. The quantitative estimate of drug-likeness (QED) is 0.691. The first-order valence-corrected chi connectivity index (χ1v) is 6.12. The van der Waals surface area contributed by atoms with Gasteiger partial charge >= 0.3 is 0 Å². The van der Waals surface area contributed by atoms with Gasteiger partial charge in [0.2, 0.25) is 0 Å². The average molecular weight is 291 g/mol. The van der Waals surface area contributed by atoms with E-state index < -0.39 is 0 Å². The molecule has 0 N–H and O–H groups in total. The van der Waals surface area contributed by atoms with E-state index in [0.717, 1.165) is 27.3 Å². The Morgan fingerprint density at radius 1 is 1.24 bits per heavy atom. The molecule has 3 heterocycles. The van der Waals surface area contributed by atoms with Crippen molar-refractivity contribution in [1.82, 2.24) is 19.2 Å². The highest BCUT2D eigenvalue weighted by Gasteiger charge is 2.12. The van der Waals surface area contributed by atoms with Crippen molar-refractivity contribution in [2.45, 2.75) is 13.8 Å². The van der Waals surface area contributed by atoms with Crippen LogP contribution < -0.4 is 0 Å². The highest BCUT2D eigenvalue weighted by atomic mass is 79.9. The molecule has 0 spiro atoms. The summed E-state index contributed by atoms with van der Waals surface area (Å²) >= 11 is 3.54. The maximum atomic E-state index is 4.53. The van der Waals surface area contributed by atoms with E-state index in [1.165, 1.54) is 0 Å². The zero-order valence-electron chi connectivity index (χ0n) is 9.55. The number of nitrogens with zero attached hydrogens (tertiary/aromatic N) is 4. The van der Waals surface area contributed by atoms with Gasteiger partial charge in [-0.05, 0) is 41.9 Å². The van der Waals surface area contributed by atoms with Crippen LogP contribution >= 0.6 is 15.9 Å². The third-order valence-electron chi connectivity index (χ3n) is 2.83. The van der Waals surface area contributed by atoms with Crippen LogP contribution in [0.1, 0.15) is 11.4 Å². The summed E-state index contributed by atoms with van der Waals surface area (Å²) in [5.41, 5.74) is 2.99. The van der Waals surface area contributed by atoms with Crippen molar-refractivity contribution >= 4 is 21.6 Å². The van der Waals surface area contributed by atoms with Crippen LogP contribution in [0, 0.1) is 13.8 Å². The van der Waals surface area contributed by atoms with Gasteiger partial charge in [0.1, 0.15) is 11.5 Å². The molecule has 86 valence electrons. The van der Waals surface area contributed by atoms with Gasteiger partial charge in [0.05, 0.1) is 15.9 Å². The Morgan fingerprint density at radius 2 is 2.06 bits per heavy atom. The van der Waals surface area contributed by atoms with Gasteiger partial charge in [0.15, 0.2) is 0 Å². The second-order valence-corrected chi connectivity index (χ2v) is 4.73. The Labute approximate surface area is 107 Å². The largest absolute Gasteiger partial charge is 0.284 e. The number of aromatic nitrogens is 4. The fraction of sp³-hybridized carbons (Fsp3) is 0.167. The molecule has 3 rings (SSSR count). The second-order valence-electron chi connectivity index (χ2n) is 3.94. The highest BCUT2D eigenvalue weighted by Crippen LogP contribution is 2.23. The monoisotopic (exact) mass is 290 g/mol. The minimum atomic E-state index is 0.922. The summed E-state index contributed by atoms with van der Waals surface area (Å²) in [4.78, 5) is 4.27. The predicted molar refractivity (Wildman–Crippen MR) is 69.5 cm³/mol. The number of aryl methyl sites for hydroxylation is 1. The number of halogens is 1. The molecule has 0 amide bonds. The van der Waals surface area contributed by atoms with Crippen LogP contribution in [-0.4, -0.2) is 19.2 Å². The van der Waals surface area contributed by atoms with Crippen molar-refractivity contribution < 1.29 is 0 Å². The first kappa shape index (κ1) is 10.5. The smallest absolute Gasteiger partial charge is 0.140 e. The molecular weight excluding hydrogens is 280 g/mol. The lowest BCUT2D eigenvalue weighted by atomic mass is 10.4. The molecule has 0 saturated heterocycles. The highest BCUT2D eigenvalue weighted by molar-refractivity contribution is 9.10. The van der Waals surface area contributed by atoms with Crippen LogP contribution in [0.3, 0.4) is 0 Å². The SMILES string of the molecule is Cc1nn(-c2cccc3nccn23)c(C)c1Br. The van der Waals surface area contributed by atoms with Gasteiger partial charge in [-0.2, -0.15) is 5.10 Å². The summed E-state index contributed by atoms with van der Waals surface area (Å²) in [6.07, 6.45) is 3.73. The molecule has 0 aliphatic carbocycles. The molecule has 3 aromatic rings. The average Bonchev–Trinajstić information content (AvgIpc) is 2.89. The topological polar surface area (TPSA) is 35.1 Å². The van der Waals surface area contributed by atoms with Crippen LogP contribution in [0.15, 0.2) is 35.1 Å². The van der Waals surface area contributed by atoms with Crippen LogP contribution in [-0.2, 0) is 0 Å². The third-order valence-corrected chi connectivity index (χ3v) is 3.97. The molecule has 0 aromatic carbocycles. The van der Waals surface area contributed by atoms with E-state index in [4.69, 9.17) is 0 Å². The van der Waals surface area contributed by atoms with Gasteiger partial charge in [0, 0.05) is 12.4 Å². The lowest BCUT2D eigenvalue weighted by molar-refractivity contribution is 0.792. The van der Waals surface area contributed by atoms with Gasteiger partial charge in [-0.25, -0.2) is 9.67 Å². The van der Waals surface area contributed by atoms with Crippen molar-refractivity contribution in [3.8, 4) is 5.82 Å².